The number of nitrogens with zero attached hydrogens (tertiary/aromatic N) is 1. The summed E-state index contributed by atoms with van der Waals surface area (Å²) in [5, 5.41) is 64.5. The molecule has 0 aromatic rings. The molecule has 20 nitrogen and oxygen atoms in total. The Morgan fingerprint density at radius 3 is 1.55 bits per heavy atom. The summed E-state index contributed by atoms with van der Waals surface area (Å²) in [6.45, 7) is 2.78. The molecule has 0 unspecified atom stereocenters. The number of hydrogen-bond acceptors (Lipinski definition) is 16. The Hall–Kier alpha value is -2.89. The molecule has 0 aromatic heterocycles. The lowest BCUT2D eigenvalue weighted by Crippen LogP contribution is -2.57. The van der Waals surface area contributed by atoms with Gasteiger partial charge in [-0.2, -0.15) is 0 Å². The lowest BCUT2D eigenvalue weighted by atomic mass is 10.0. The van der Waals surface area contributed by atoms with E-state index in [1.165, 1.54) is 20.8 Å². The SMILES string of the molecule is CC(=O)CNNC(=O)CCCCC(=O)N(CC(=O)NCCO[C@@H]1O[C@@H](C)[C@@H](O)[C@@H](O)[C@@H]1O)CC(=O)NCCO[C@@H]1O[C@@H](C)[C@@H](O)[C@@H](O)[C@@H]1O. The molecular formula is C29H51N5O15. The van der Waals surface area contributed by atoms with Gasteiger partial charge in [0.05, 0.1) is 32.0 Å². The van der Waals surface area contributed by atoms with Gasteiger partial charge in [0.2, 0.25) is 23.6 Å². The van der Waals surface area contributed by atoms with Crippen molar-refractivity contribution in [3.05, 3.63) is 0 Å². The zero-order valence-corrected chi connectivity index (χ0v) is 27.9. The molecule has 20 heteroatoms. The number of hydrazine groups is 1. The third-order valence-corrected chi connectivity index (χ3v) is 7.66. The first-order chi connectivity index (χ1) is 23.1. The van der Waals surface area contributed by atoms with Crippen LogP contribution in [-0.2, 0) is 42.9 Å². The Morgan fingerprint density at radius 2 is 1.10 bits per heavy atom. The minimum Gasteiger partial charge on any atom is -0.388 e. The molecule has 0 spiro atoms. The molecule has 10 atom stereocenters. The summed E-state index contributed by atoms with van der Waals surface area (Å²) >= 11 is 0. The van der Waals surface area contributed by atoms with Crippen molar-refractivity contribution in [3.63, 3.8) is 0 Å². The van der Waals surface area contributed by atoms with Gasteiger partial charge in [0.1, 0.15) is 55.5 Å². The fourth-order valence-electron chi connectivity index (χ4n) is 4.77. The van der Waals surface area contributed by atoms with Crippen molar-refractivity contribution in [2.45, 2.75) is 108 Å². The van der Waals surface area contributed by atoms with E-state index in [0.717, 1.165) is 4.90 Å². The molecule has 0 saturated carbocycles. The first-order valence-corrected chi connectivity index (χ1v) is 16.1. The normalized spacial score (nSPS) is 29.9. The van der Waals surface area contributed by atoms with Gasteiger partial charge in [-0.1, -0.05) is 0 Å². The summed E-state index contributed by atoms with van der Waals surface area (Å²) < 4.78 is 21.4. The van der Waals surface area contributed by atoms with Crippen LogP contribution in [0.25, 0.3) is 0 Å². The summed E-state index contributed by atoms with van der Waals surface area (Å²) in [7, 11) is 0. The Kier molecular flexibility index (Phi) is 18.4. The average molecular weight is 710 g/mol. The van der Waals surface area contributed by atoms with Crippen LogP contribution in [0.2, 0.25) is 0 Å². The molecule has 49 heavy (non-hydrogen) atoms. The predicted molar refractivity (Wildman–Crippen MR) is 165 cm³/mol. The van der Waals surface area contributed by atoms with E-state index in [2.05, 4.69) is 21.5 Å². The van der Waals surface area contributed by atoms with Gasteiger partial charge < -0.3 is 65.1 Å². The Labute approximate surface area is 283 Å². The van der Waals surface area contributed by atoms with Gasteiger partial charge in [-0.25, -0.2) is 5.43 Å². The minimum atomic E-state index is -1.52. The van der Waals surface area contributed by atoms with Crippen LogP contribution in [-0.4, -0.2) is 172 Å². The summed E-state index contributed by atoms with van der Waals surface area (Å²) in [5.41, 5.74) is 4.84. The number of aliphatic hydroxyl groups is 6. The maximum absolute atomic E-state index is 13.0. The number of unbranched alkanes of at least 4 members (excludes halogenated alkanes) is 1. The van der Waals surface area contributed by atoms with Gasteiger partial charge in [-0.05, 0) is 33.6 Å². The molecular weight excluding hydrogens is 658 g/mol. The molecule has 0 aliphatic carbocycles. The van der Waals surface area contributed by atoms with Gasteiger partial charge in [-0.3, -0.25) is 29.4 Å². The third kappa shape index (κ3) is 14.5. The number of ketones is 1. The second-order valence-corrected chi connectivity index (χ2v) is 11.9. The van der Waals surface area contributed by atoms with Crippen molar-refractivity contribution in [2.24, 2.45) is 0 Å². The molecule has 282 valence electrons. The van der Waals surface area contributed by atoms with E-state index in [1.807, 2.05) is 0 Å². The third-order valence-electron chi connectivity index (χ3n) is 7.66. The Morgan fingerprint density at radius 1 is 0.653 bits per heavy atom. The van der Waals surface area contributed by atoms with Crippen LogP contribution in [0.3, 0.4) is 0 Å². The maximum Gasteiger partial charge on any atom is 0.239 e. The summed E-state index contributed by atoms with van der Waals surface area (Å²) in [6.07, 6.45) is -12.2. The average Bonchev–Trinajstić information content (AvgIpc) is 3.05. The highest BCUT2D eigenvalue weighted by Gasteiger charge is 2.43. The second kappa shape index (κ2) is 21.4. The molecule has 2 saturated heterocycles. The topological polar surface area (TPSA) is 295 Å². The zero-order valence-electron chi connectivity index (χ0n) is 27.9. The van der Waals surface area contributed by atoms with E-state index in [4.69, 9.17) is 18.9 Å². The molecule has 10 N–H and O–H groups in total. The number of Topliss-reactive ketones (excluding diaryl/α,β-unsaturated/α-hetero) is 1. The van der Waals surface area contributed by atoms with Crippen molar-refractivity contribution in [2.75, 3.05) is 45.9 Å². The lowest BCUT2D eigenvalue weighted by molar-refractivity contribution is -0.292. The predicted octanol–water partition coefficient (Wildman–Crippen LogP) is -5.49. The van der Waals surface area contributed by atoms with Gasteiger partial charge in [0, 0.05) is 25.9 Å². The van der Waals surface area contributed by atoms with Crippen molar-refractivity contribution >= 4 is 29.4 Å². The first-order valence-electron chi connectivity index (χ1n) is 16.1. The highest BCUT2D eigenvalue weighted by molar-refractivity contribution is 5.89. The van der Waals surface area contributed by atoms with Crippen LogP contribution in [0.15, 0.2) is 0 Å². The quantitative estimate of drug-likeness (QED) is 0.0417. The number of rotatable bonds is 20. The highest BCUT2D eigenvalue weighted by atomic mass is 16.7. The Balaban J connectivity index is 1.84. The lowest BCUT2D eigenvalue weighted by Gasteiger charge is -2.38. The standard InChI is InChI=1S/C29H51N5O15/c1-15(35)12-32-33-18(36)6-4-5-7-21(39)34(13-19(37)30-8-10-46-28-26(44)24(42)22(40)16(2)48-28)14-20(38)31-9-11-47-29-27(45)25(43)23(41)17(3)49-29/h16-17,22-29,32,40-45H,4-14H2,1-3H3,(H,30,37)(H,31,38)(H,33,36)/t16-,17-,22+,23+,24+,25+,26-,27-,28+,29+/m0/s1. The van der Waals surface area contributed by atoms with Crippen molar-refractivity contribution in [1.29, 1.82) is 0 Å². The van der Waals surface area contributed by atoms with Gasteiger partial charge in [0.25, 0.3) is 0 Å². The van der Waals surface area contributed by atoms with Crippen LogP contribution in [0, 0.1) is 0 Å². The summed E-state index contributed by atoms with van der Waals surface area (Å²) in [5.74, 6) is -2.38. The largest absolute Gasteiger partial charge is 0.388 e. The monoisotopic (exact) mass is 709 g/mol. The summed E-state index contributed by atoms with van der Waals surface area (Å²) in [4.78, 5) is 62.2. The maximum atomic E-state index is 13.0. The number of amides is 4. The number of carbonyl (C=O) groups excluding carboxylic acids is 5. The molecule has 0 bridgehead atoms. The van der Waals surface area contributed by atoms with Crippen molar-refractivity contribution < 1.29 is 73.6 Å². The number of hydrogen-bond donors (Lipinski definition) is 10. The van der Waals surface area contributed by atoms with E-state index in [1.54, 1.807) is 0 Å². The number of aliphatic hydroxyl groups excluding tert-OH is 6. The first kappa shape index (κ1) is 42.3. The van der Waals surface area contributed by atoms with E-state index in [0.29, 0.717) is 6.42 Å². The van der Waals surface area contributed by atoms with Gasteiger partial charge in [-0.15, -0.1) is 0 Å². The fourth-order valence-corrected chi connectivity index (χ4v) is 4.77. The van der Waals surface area contributed by atoms with Crippen molar-refractivity contribution in [3.8, 4) is 0 Å². The highest BCUT2D eigenvalue weighted by Crippen LogP contribution is 2.22. The molecule has 2 aliphatic heterocycles. The van der Waals surface area contributed by atoms with Gasteiger partial charge in [0.15, 0.2) is 12.6 Å². The fraction of sp³-hybridized carbons (Fsp3) is 0.828. The number of ether oxygens (including phenoxy) is 4. The van der Waals surface area contributed by atoms with E-state index in [-0.39, 0.29) is 63.8 Å². The molecule has 0 aromatic carbocycles. The molecule has 4 amide bonds. The molecule has 2 heterocycles. The molecule has 2 rings (SSSR count). The van der Waals surface area contributed by atoms with Crippen LogP contribution >= 0.6 is 0 Å². The zero-order chi connectivity index (χ0) is 36.7. The van der Waals surface area contributed by atoms with E-state index >= 15 is 0 Å². The smallest absolute Gasteiger partial charge is 0.239 e. The number of nitrogens with one attached hydrogen (secondary N) is 4. The molecule has 2 aliphatic rings. The summed E-state index contributed by atoms with van der Waals surface area (Å²) in [6, 6.07) is 0. The van der Waals surface area contributed by atoms with Gasteiger partial charge >= 0.3 is 0 Å². The number of carbonyl (C=O) groups is 5. The van der Waals surface area contributed by atoms with Crippen LogP contribution in [0.5, 0.6) is 0 Å². The minimum absolute atomic E-state index is 0.0346. The van der Waals surface area contributed by atoms with Crippen LogP contribution in [0.4, 0.5) is 0 Å². The van der Waals surface area contributed by atoms with E-state index in [9.17, 15) is 54.6 Å². The molecule has 2 fully saturated rings. The van der Waals surface area contributed by atoms with E-state index < -0.39 is 92.2 Å². The second-order valence-electron chi connectivity index (χ2n) is 11.9. The van der Waals surface area contributed by atoms with Crippen molar-refractivity contribution in [1.82, 2.24) is 26.4 Å². The Bertz CT molecular complexity index is 1030. The van der Waals surface area contributed by atoms with Crippen LogP contribution in [0.1, 0.15) is 46.5 Å². The molecule has 0 radical (unpaired) electrons. The van der Waals surface area contributed by atoms with Crippen LogP contribution < -0.4 is 21.5 Å².